The van der Waals surface area contributed by atoms with Crippen molar-refractivity contribution in [2.24, 2.45) is 0 Å². The number of alkyl halides is 1. The number of methoxy groups -OCH3 is 1. The lowest BCUT2D eigenvalue weighted by molar-refractivity contribution is 0.194. The highest BCUT2D eigenvalue weighted by atomic mass is 19.1. The number of fused-ring (bicyclic) bond motifs is 1. The second-order valence-corrected chi connectivity index (χ2v) is 4.25. The van der Waals surface area contributed by atoms with Crippen LogP contribution in [0.5, 0.6) is 5.75 Å². The molecule has 1 N–H and O–H groups in total. The van der Waals surface area contributed by atoms with Crippen LogP contribution in [0.25, 0.3) is 0 Å². The zero-order valence-electron chi connectivity index (χ0n) is 9.14. The third kappa shape index (κ3) is 2.06. The average Bonchev–Trinajstić information content (AvgIpc) is 2.38. The summed E-state index contributed by atoms with van der Waals surface area (Å²) in [7, 11) is 1.65. The molecule has 0 bridgehead atoms. The quantitative estimate of drug-likeness (QED) is 0.768. The lowest BCUT2D eigenvalue weighted by Gasteiger charge is -2.16. The predicted octanol–water partition coefficient (Wildman–Crippen LogP) is 2.78. The summed E-state index contributed by atoms with van der Waals surface area (Å²) in [5, 5.41) is 3.14. The molecule has 1 aromatic rings. The maximum atomic E-state index is 13.8. The summed E-state index contributed by atoms with van der Waals surface area (Å²) in [6, 6.07) is 5.81. The van der Waals surface area contributed by atoms with Crippen molar-refractivity contribution < 1.29 is 9.13 Å². The van der Waals surface area contributed by atoms with E-state index in [9.17, 15) is 4.39 Å². The molecular weight excluding hydrogens is 193 g/mol. The van der Waals surface area contributed by atoms with Crippen molar-refractivity contribution in [3.63, 3.8) is 0 Å². The molecular formula is C12H16FNO. The van der Waals surface area contributed by atoms with Gasteiger partial charge in [-0.15, -0.1) is 0 Å². The number of ether oxygens (including phenoxy) is 1. The van der Waals surface area contributed by atoms with Crippen molar-refractivity contribution in [2.75, 3.05) is 19.0 Å². The molecule has 1 heterocycles. The standard InChI is InChI=1S/C12H16FNO/c1-12(13)7-6-9-10(14-8-12)4-3-5-11(9)15-2/h3-5,14H,6-8H2,1-2H3. The van der Waals surface area contributed by atoms with Crippen LogP contribution < -0.4 is 10.1 Å². The van der Waals surface area contributed by atoms with Gasteiger partial charge < -0.3 is 10.1 Å². The molecule has 1 aromatic carbocycles. The Bertz CT molecular complexity index is 363. The topological polar surface area (TPSA) is 21.3 Å². The molecule has 2 rings (SSSR count). The van der Waals surface area contributed by atoms with Crippen LogP contribution in [0.4, 0.5) is 10.1 Å². The van der Waals surface area contributed by atoms with Gasteiger partial charge in [-0.05, 0) is 31.9 Å². The SMILES string of the molecule is COc1cccc2c1CCC(C)(F)CN2. The number of hydrogen-bond acceptors (Lipinski definition) is 2. The molecule has 0 aliphatic carbocycles. The van der Waals surface area contributed by atoms with Crippen molar-refractivity contribution in [1.29, 1.82) is 0 Å². The average molecular weight is 209 g/mol. The Morgan fingerprint density at radius 1 is 1.47 bits per heavy atom. The minimum Gasteiger partial charge on any atom is -0.496 e. The van der Waals surface area contributed by atoms with Crippen LogP contribution in [-0.4, -0.2) is 19.3 Å². The van der Waals surface area contributed by atoms with Crippen LogP contribution >= 0.6 is 0 Å². The third-order valence-corrected chi connectivity index (χ3v) is 2.90. The van der Waals surface area contributed by atoms with E-state index in [1.165, 1.54) is 0 Å². The molecule has 1 aliphatic heterocycles. The first-order chi connectivity index (χ1) is 7.12. The Hall–Kier alpha value is -1.25. The lowest BCUT2D eigenvalue weighted by atomic mass is 10.00. The van der Waals surface area contributed by atoms with Gasteiger partial charge in [0.1, 0.15) is 11.4 Å². The predicted molar refractivity (Wildman–Crippen MR) is 59.3 cm³/mol. The maximum Gasteiger partial charge on any atom is 0.125 e. The number of anilines is 1. The summed E-state index contributed by atoms with van der Waals surface area (Å²) >= 11 is 0. The van der Waals surface area contributed by atoms with Crippen molar-refractivity contribution in [3.8, 4) is 5.75 Å². The minimum atomic E-state index is -1.13. The molecule has 15 heavy (non-hydrogen) atoms. The van der Waals surface area contributed by atoms with Crippen molar-refractivity contribution in [2.45, 2.75) is 25.4 Å². The van der Waals surface area contributed by atoms with E-state index in [1.807, 2.05) is 18.2 Å². The molecule has 0 radical (unpaired) electrons. The summed E-state index contributed by atoms with van der Waals surface area (Å²) in [4.78, 5) is 0. The van der Waals surface area contributed by atoms with E-state index in [0.717, 1.165) is 23.4 Å². The molecule has 0 aromatic heterocycles. The molecule has 0 spiro atoms. The van der Waals surface area contributed by atoms with Gasteiger partial charge in [0.15, 0.2) is 0 Å². The summed E-state index contributed by atoms with van der Waals surface area (Å²) < 4.78 is 19.1. The van der Waals surface area contributed by atoms with Crippen LogP contribution in [0.15, 0.2) is 18.2 Å². The van der Waals surface area contributed by atoms with Crippen molar-refractivity contribution in [1.82, 2.24) is 0 Å². The van der Waals surface area contributed by atoms with E-state index in [-0.39, 0.29) is 0 Å². The fourth-order valence-electron chi connectivity index (χ4n) is 1.93. The lowest BCUT2D eigenvalue weighted by Crippen LogP contribution is -2.26. The number of hydrogen-bond donors (Lipinski definition) is 1. The smallest absolute Gasteiger partial charge is 0.125 e. The maximum absolute atomic E-state index is 13.8. The zero-order chi connectivity index (χ0) is 10.9. The largest absolute Gasteiger partial charge is 0.496 e. The second-order valence-electron chi connectivity index (χ2n) is 4.25. The highest BCUT2D eigenvalue weighted by molar-refractivity contribution is 5.58. The van der Waals surface area contributed by atoms with Gasteiger partial charge >= 0.3 is 0 Å². The van der Waals surface area contributed by atoms with Gasteiger partial charge in [0.05, 0.1) is 7.11 Å². The summed E-state index contributed by atoms with van der Waals surface area (Å²) in [6.07, 6.45) is 1.26. The molecule has 0 amide bonds. The highest BCUT2D eigenvalue weighted by Gasteiger charge is 2.27. The monoisotopic (exact) mass is 209 g/mol. The van der Waals surface area contributed by atoms with Crippen LogP contribution in [0.2, 0.25) is 0 Å². The van der Waals surface area contributed by atoms with Crippen LogP contribution in [0, 0.1) is 0 Å². The fraction of sp³-hybridized carbons (Fsp3) is 0.500. The van der Waals surface area contributed by atoms with Crippen LogP contribution in [0.1, 0.15) is 18.9 Å². The van der Waals surface area contributed by atoms with E-state index in [4.69, 9.17) is 4.74 Å². The highest BCUT2D eigenvalue weighted by Crippen LogP contribution is 2.33. The minimum absolute atomic E-state index is 0.368. The van der Waals surface area contributed by atoms with Gasteiger partial charge in [-0.25, -0.2) is 4.39 Å². The van der Waals surface area contributed by atoms with Gasteiger partial charge in [0, 0.05) is 17.8 Å². The van der Waals surface area contributed by atoms with Crippen LogP contribution in [-0.2, 0) is 6.42 Å². The van der Waals surface area contributed by atoms with Gasteiger partial charge in [-0.3, -0.25) is 0 Å². The van der Waals surface area contributed by atoms with Gasteiger partial charge in [0.25, 0.3) is 0 Å². The molecule has 1 unspecified atom stereocenters. The Morgan fingerprint density at radius 2 is 2.27 bits per heavy atom. The molecule has 1 aliphatic rings. The molecule has 1 atom stereocenters. The first-order valence-corrected chi connectivity index (χ1v) is 5.21. The van der Waals surface area contributed by atoms with Crippen molar-refractivity contribution >= 4 is 5.69 Å². The number of rotatable bonds is 1. The molecule has 3 heteroatoms. The van der Waals surface area contributed by atoms with Crippen LogP contribution in [0.3, 0.4) is 0 Å². The van der Waals surface area contributed by atoms with Gasteiger partial charge in [0.2, 0.25) is 0 Å². The third-order valence-electron chi connectivity index (χ3n) is 2.90. The Morgan fingerprint density at radius 3 is 3.00 bits per heavy atom. The molecule has 2 nitrogen and oxygen atoms in total. The van der Waals surface area contributed by atoms with Crippen molar-refractivity contribution in [3.05, 3.63) is 23.8 Å². The molecule has 0 saturated carbocycles. The Balaban J connectivity index is 2.35. The molecule has 0 saturated heterocycles. The Kier molecular flexibility index (Phi) is 2.55. The van der Waals surface area contributed by atoms with E-state index in [2.05, 4.69) is 5.32 Å². The van der Waals surface area contributed by atoms with E-state index >= 15 is 0 Å². The fourth-order valence-corrected chi connectivity index (χ4v) is 1.93. The zero-order valence-corrected chi connectivity index (χ0v) is 9.14. The first-order valence-electron chi connectivity index (χ1n) is 5.21. The second kappa shape index (κ2) is 3.72. The van der Waals surface area contributed by atoms with E-state index in [1.54, 1.807) is 14.0 Å². The molecule has 82 valence electrons. The van der Waals surface area contributed by atoms with E-state index in [0.29, 0.717) is 13.0 Å². The summed E-state index contributed by atoms with van der Waals surface area (Å²) in [5.41, 5.74) is 0.946. The van der Waals surface area contributed by atoms with Gasteiger partial charge in [-0.2, -0.15) is 0 Å². The Labute approximate surface area is 89.4 Å². The summed E-state index contributed by atoms with van der Waals surface area (Å²) in [5.74, 6) is 0.845. The normalized spacial score (nSPS) is 25.0. The summed E-state index contributed by atoms with van der Waals surface area (Å²) in [6.45, 7) is 2.01. The number of halogens is 1. The number of benzene rings is 1. The molecule has 0 fully saturated rings. The van der Waals surface area contributed by atoms with Gasteiger partial charge in [-0.1, -0.05) is 6.07 Å². The number of nitrogens with one attached hydrogen (secondary N) is 1. The van der Waals surface area contributed by atoms with E-state index < -0.39 is 5.67 Å². The first kappa shape index (κ1) is 10.3.